The first kappa shape index (κ1) is 23.2. The predicted molar refractivity (Wildman–Crippen MR) is 121 cm³/mol. The van der Waals surface area contributed by atoms with Gasteiger partial charge in [-0.05, 0) is 36.6 Å². The molecule has 170 valence electrons. The Morgan fingerprint density at radius 1 is 1.12 bits per heavy atom. The summed E-state index contributed by atoms with van der Waals surface area (Å²) in [5.74, 6) is 0.147. The quantitative estimate of drug-likeness (QED) is 0.346. The van der Waals surface area contributed by atoms with E-state index >= 15 is 0 Å². The van der Waals surface area contributed by atoms with Crippen molar-refractivity contribution < 1.29 is 19.1 Å². The molecule has 0 aliphatic carbocycles. The Kier molecular flexibility index (Phi) is 7.81. The number of ether oxygens (including phenoxy) is 1. The first-order valence-corrected chi connectivity index (χ1v) is 11.0. The molecule has 0 unspecified atom stereocenters. The van der Waals surface area contributed by atoms with Gasteiger partial charge in [0.05, 0.1) is 24.6 Å². The SMILES string of the molecule is CCCCc1ncc(/C=C2\C(=O)NC(=O)N2CCCC)n1Cc1ccc(C(=O)OC)cc1. The van der Waals surface area contributed by atoms with Crippen molar-refractivity contribution in [2.24, 2.45) is 0 Å². The zero-order chi connectivity index (χ0) is 23.1. The van der Waals surface area contributed by atoms with Gasteiger partial charge in [0, 0.05) is 19.5 Å². The molecule has 32 heavy (non-hydrogen) atoms. The number of carbonyl (C=O) groups is 3. The van der Waals surface area contributed by atoms with Gasteiger partial charge in [0.1, 0.15) is 11.5 Å². The number of nitrogens with one attached hydrogen (secondary N) is 1. The van der Waals surface area contributed by atoms with Gasteiger partial charge >= 0.3 is 12.0 Å². The zero-order valence-corrected chi connectivity index (χ0v) is 18.9. The van der Waals surface area contributed by atoms with Crippen LogP contribution >= 0.6 is 0 Å². The normalized spacial score (nSPS) is 14.8. The van der Waals surface area contributed by atoms with Gasteiger partial charge < -0.3 is 9.30 Å². The lowest BCUT2D eigenvalue weighted by Gasteiger charge is -2.15. The van der Waals surface area contributed by atoms with Crippen molar-refractivity contribution in [3.05, 3.63) is 58.8 Å². The molecule has 1 aliphatic rings. The average molecular weight is 439 g/mol. The summed E-state index contributed by atoms with van der Waals surface area (Å²) in [4.78, 5) is 42.4. The topological polar surface area (TPSA) is 93.5 Å². The third-order valence-corrected chi connectivity index (χ3v) is 5.45. The van der Waals surface area contributed by atoms with E-state index in [2.05, 4.69) is 21.8 Å². The molecule has 1 fully saturated rings. The van der Waals surface area contributed by atoms with Crippen molar-refractivity contribution in [2.75, 3.05) is 13.7 Å². The number of aromatic nitrogens is 2. The molecule has 0 spiro atoms. The van der Waals surface area contributed by atoms with Crippen LogP contribution in [0.5, 0.6) is 0 Å². The summed E-state index contributed by atoms with van der Waals surface area (Å²) in [6, 6.07) is 6.85. The minimum atomic E-state index is -0.392. The van der Waals surface area contributed by atoms with Gasteiger partial charge in [-0.25, -0.2) is 14.6 Å². The number of imidazole rings is 1. The number of imide groups is 1. The molecular formula is C24H30N4O4. The molecular weight excluding hydrogens is 408 g/mol. The molecule has 1 aromatic heterocycles. The summed E-state index contributed by atoms with van der Waals surface area (Å²) in [5.41, 5.74) is 2.58. The second-order valence-electron chi connectivity index (χ2n) is 7.77. The first-order valence-electron chi connectivity index (χ1n) is 11.0. The molecule has 1 N–H and O–H groups in total. The fourth-order valence-electron chi connectivity index (χ4n) is 3.59. The molecule has 3 rings (SSSR count). The lowest BCUT2D eigenvalue weighted by molar-refractivity contribution is -0.116. The van der Waals surface area contributed by atoms with Gasteiger partial charge in [0.25, 0.3) is 5.91 Å². The maximum Gasteiger partial charge on any atom is 0.337 e. The van der Waals surface area contributed by atoms with Crippen LogP contribution in [0.15, 0.2) is 36.2 Å². The summed E-state index contributed by atoms with van der Waals surface area (Å²) < 4.78 is 6.82. The van der Waals surface area contributed by atoms with E-state index in [1.807, 2.05) is 19.1 Å². The van der Waals surface area contributed by atoms with Crippen molar-refractivity contribution in [3.8, 4) is 0 Å². The first-order chi connectivity index (χ1) is 15.5. The van der Waals surface area contributed by atoms with Crippen LogP contribution in [0.1, 0.15) is 67.0 Å². The highest BCUT2D eigenvalue weighted by Crippen LogP contribution is 2.21. The lowest BCUT2D eigenvalue weighted by atomic mass is 10.1. The second-order valence-corrected chi connectivity index (χ2v) is 7.77. The van der Waals surface area contributed by atoms with Gasteiger partial charge in [-0.15, -0.1) is 0 Å². The standard InChI is InChI=1S/C24H30N4O4/c1-4-6-8-21-25-15-19(14-20-22(29)26-24(31)27(20)13-7-5-2)28(21)16-17-9-11-18(12-10-17)23(30)32-3/h9-12,14-15H,4-8,13,16H2,1-3H3,(H,26,29,31)/b20-14+. The van der Waals surface area contributed by atoms with E-state index in [0.29, 0.717) is 24.4 Å². The third kappa shape index (κ3) is 5.25. The highest BCUT2D eigenvalue weighted by Gasteiger charge is 2.32. The largest absolute Gasteiger partial charge is 0.465 e. The summed E-state index contributed by atoms with van der Waals surface area (Å²) >= 11 is 0. The monoisotopic (exact) mass is 438 g/mol. The molecule has 0 saturated carbocycles. The highest BCUT2D eigenvalue weighted by atomic mass is 16.5. The van der Waals surface area contributed by atoms with Crippen LogP contribution in [0.3, 0.4) is 0 Å². The average Bonchev–Trinajstić information content (AvgIpc) is 3.30. The van der Waals surface area contributed by atoms with E-state index < -0.39 is 5.91 Å². The van der Waals surface area contributed by atoms with Crippen molar-refractivity contribution in [3.63, 3.8) is 0 Å². The van der Waals surface area contributed by atoms with Gasteiger partial charge in [-0.3, -0.25) is 15.0 Å². The Morgan fingerprint density at radius 3 is 2.50 bits per heavy atom. The predicted octanol–water partition coefficient (Wildman–Crippen LogP) is 3.75. The summed E-state index contributed by atoms with van der Waals surface area (Å²) in [6.07, 6.45) is 8.06. The van der Waals surface area contributed by atoms with Crippen LogP contribution in [-0.4, -0.2) is 46.0 Å². The third-order valence-electron chi connectivity index (χ3n) is 5.45. The van der Waals surface area contributed by atoms with Crippen LogP contribution in [0.25, 0.3) is 6.08 Å². The Bertz CT molecular complexity index is 1010. The Hall–Kier alpha value is -3.42. The Balaban J connectivity index is 1.94. The molecule has 0 atom stereocenters. The molecule has 1 aliphatic heterocycles. The smallest absolute Gasteiger partial charge is 0.337 e. The zero-order valence-electron chi connectivity index (χ0n) is 18.9. The van der Waals surface area contributed by atoms with Crippen LogP contribution in [0.2, 0.25) is 0 Å². The van der Waals surface area contributed by atoms with Gasteiger partial charge in [0.2, 0.25) is 0 Å². The molecule has 0 radical (unpaired) electrons. The number of amides is 3. The number of urea groups is 1. The fourth-order valence-corrected chi connectivity index (χ4v) is 3.59. The van der Waals surface area contributed by atoms with Crippen molar-refractivity contribution in [1.82, 2.24) is 19.8 Å². The van der Waals surface area contributed by atoms with Crippen LogP contribution in [0, 0.1) is 0 Å². The van der Waals surface area contributed by atoms with E-state index in [1.54, 1.807) is 24.4 Å². The van der Waals surface area contributed by atoms with Gasteiger partial charge in [-0.2, -0.15) is 0 Å². The maximum absolute atomic E-state index is 12.4. The van der Waals surface area contributed by atoms with Crippen LogP contribution in [0.4, 0.5) is 4.79 Å². The van der Waals surface area contributed by atoms with E-state index in [-0.39, 0.29) is 12.0 Å². The van der Waals surface area contributed by atoms with Gasteiger partial charge in [-0.1, -0.05) is 38.8 Å². The number of hydrogen-bond acceptors (Lipinski definition) is 5. The number of rotatable bonds is 10. The van der Waals surface area contributed by atoms with Crippen molar-refractivity contribution in [2.45, 2.75) is 52.5 Å². The molecule has 8 heteroatoms. The van der Waals surface area contributed by atoms with E-state index in [4.69, 9.17) is 4.74 Å². The van der Waals surface area contributed by atoms with E-state index in [0.717, 1.165) is 49.2 Å². The number of esters is 1. The summed E-state index contributed by atoms with van der Waals surface area (Å²) in [7, 11) is 1.36. The number of carbonyl (C=O) groups excluding carboxylic acids is 3. The molecule has 1 aromatic carbocycles. The number of benzene rings is 1. The molecule has 2 aromatic rings. The summed E-state index contributed by atoms with van der Waals surface area (Å²) in [6.45, 7) is 5.19. The number of methoxy groups -OCH3 is 1. The second kappa shape index (κ2) is 10.7. The van der Waals surface area contributed by atoms with Gasteiger partial charge in [0.15, 0.2) is 0 Å². The molecule has 2 heterocycles. The van der Waals surface area contributed by atoms with Crippen molar-refractivity contribution >= 4 is 24.0 Å². The van der Waals surface area contributed by atoms with E-state index in [1.165, 1.54) is 12.0 Å². The molecule has 8 nitrogen and oxygen atoms in total. The fraction of sp³-hybridized carbons (Fsp3) is 0.417. The maximum atomic E-state index is 12.4. The summed E-state index contributed by atoms with van der Waals surface area (Å²) in [5, 5.41) is 2.39. The Labute approximate surface area is 188 Å². The minimum Gasteiger partial charge on any atom is -0.465 e. The number of unbranched alkanes of at least 4 members (excludes halogenated alkanes) is 2. The Morgan fingerprint density at radius 2 is 1.84 bits per heavy atom. The van der Waals surface area contributed by atoms with E-state index in [9.17, 15) is 14.4 Å². The number of aryl methyl sites for hydroxylation is 1. The number of hydrogen-bond donors (Lipinski definition) is 1. The number of nitrogens with zero attached hydrogens (tertiary/aromatic N) is 3. The molecule has 3 amide bonds. The minimum absolute atomic E-state index is 0.340. The molecule has 0 bridgehead atoms. The lowest BCUT2D eigenvalue weighted by Crippen LogP contribution is -2.28. The molecule has 1 saturated heterocycles. The van der Waals surface area contributed by atoms with Crippen LogP contribution in [-0.2, 0) is 22.5 Å². The highest BCUT2D eigenvalue weighted by molar-refractivity contribution is 6.13. The van der Waals surface area contributed by atoms with Crippen LogP contribution < -0.4 is 5.32 Å². The van der Waals surface area contributed by atoms with Crippen molar-refractivity contribution in [1.29, 1.82) is 0 Å².